The Labute approximate surface area is 394 Å². The molecule has 3 heterocycles. The Morgan fingerprint density at radius 3 is 1.37 bits per heavy atom. The van der Waals surface area contributed by atoms with Gasteiger partial charge in [0.05, 0.1) is 67.6 Å². The van der Waals surface area contributed by atoms with E-state index in [-0.39, 0.29) is 27.5 Å². The highest BCUT2D eigenvalue weighted by molar-refractivity contribution is 6.17. The van der Waals surface area contributed by atoms with Crippen LogP contribution in [0.2, 0.25) is 0 Å². The molecule has 0 N–H and O–H groups in total. The number of aromatic nitrogens is 3. The zero-order valence-corrected chi connectivity index (χ0v) is 32.7. The Bertz CT molecular complexity index is 5070. The van der Waals surface area contributed by atoms with Crippen molar-refractivity contribution < 1.29 is 28.8 Å². The minimum absolute atomic E-state index is 0.0362. The molecular formula is C60H39N3. The smallest absolute Gasteiger partial charge is 0.0646 e. The molecule has 0 bridgehead atoms. The van der Waals surface area contributed by atoms with Crippen LogP contribution in [0, 0.1) is 0 Å². The van der Waals surface area contributed by atoms with E-state index < -0.39 is 176 Å². The lowest BCUT2D eigenvalue weighted by Gasteiger charge is -2.15. The number of benzene rings is 10. The van der Waals surface area contributed by atoms with Gasteiger partial charge in [-0.15, -0.1) is 0 Å². The zero-order valence-electron chi connectivity index (χ0n) is 53.7. The Morgan fingerprint density at radius 1 is 0.270 bits per heavy atom. The Kier molecular flexibility index (Phi) is 4.57. The van der Waals surface area contributed by atoms with Crippen LogP contribution in [-0.4, -0.2) is 13.7 Å². The molecule has 0 atom stereocenters. The van der Waals surface area contributed by atoms with Gasteiger partial charge in [-0.2, -0.15) is 0 Å². The van der Waals surface area contributed by atoms with Crippen LogP contribution in [0.4, 0.5) is 0 Å². The van der Waals surface area contributed by atoms with Crippen molar-refractivity contribution in [3.8, 4) is 50.4 Å². The van der Waals surface area contributed by atoms with Gasteiger partial charge in [0.15, 0.2) is 0 Å². The highest BCUT2D eigenvalue weighted by Gasteiger charge is 2.21. The molecule has 294 valence electrons. The Hall–Kier alpha value is -8.40. The van der Waals surface area contributed by atoms with Crippen LogP contribution in [0.1, 0.15) is 28.8 Å². The fraction of sp³-hybridized carbons (Fsp3) is 0. The normalized spacial score (nSPS) is 16.5. The molecule has 10 aromatic carbocycles. The summed E-state index contributed by atoms with van der Waals surface area (Å²) in [5.74, 6) is 0. The fourth-order valence-corrected chi connectivity index (χ4v) is 8.78. The second kappa shape index (κ2) is 14.1. The first-order chi connectivity index (χ1) is 40.0. The minimum Gasteiger partial charge on any atom is -0.309 e. The van der Waals surface area contributed by atoms with Crippen LogP contribution >= 0.6 is 0 Å². The average Bonchev–Trinajstić information content (AvgIpc) is 1.64. The standard InChI is InChI=1S/C60H39N3/c1-3-17-40(18-4-1)42-21-15-22-43(35-42)45-36-44(41-19-5-2-6-20-41)37-47(38-45)62-53-27-11-9-25-50(53)52-39-46(33-34-57(52)62)61-56-30-14-10-26-51(56)60-58(61)31-16-32-59(60)63-54-28-12-7-23-48(54)49-24-8-13-29-55(49)63/h1-39H/i7D,8D,9D,10D,11D,12D,13D,14D,16D,23D,24D,25D,26D,27D,28D,29D,30D,31D,32D,33D,34D. The summed E-state index contributed by atoms with van der Waals surface area (Å²) >= 11 is 0. The molecule has 13 rings (SSSR count). The van der Waals surface area contributed by atoms with Crippen molar-refractivity contribution in [1.29, 1.82) is 0 Å². The molecule has 0 fully saturated rings. The summed E-state index contributed by atoms with van der Waals surface area (Å²) in [6, 6.07) is 18.5. The highest BCUT2D eigenvalue weighted by Crippen LogP contribution is 2.42. The summed E-state index contributed by atoms with van der Waals surface area (Å²) in [5.41, 5.74) is 2.08. The summed E-state index contributed by atoms with van der Waals surface area (Å²) in [6.45, 7) is 0. The van der Waals surface area contributed by atoms with Gasteiger partial charge in [-0.1, -0.05) is 157 Å². The molecule has 0 aliphatic carbocycles. The first-order valence-electron chi connectivity index (χ1n) is 30.5. The van der Waals surface area contributed by atoms with E-state index in [2.05, 4.69) is 0 Å². The predicted octanol–water partition coefficient (Wildman–Crippen LogP) is 16.0. The van der Waals surface area contributed by atoms with E-state index in [0.717, 1.165) is 31.4 Å². The highest BCUT2D eigenvalue weighted by atomic mass is 15.0. The molecular weight excluding hydrogens is 763 g/mol. The average molecular weight is 823 g/mol. The number of fused-ring (bicyclic) bond motifs is 9. The topological polar surface area (TPSA) is 14.8 Å². The van der Waals surface area contributed by atoms with Crippen LogP contribution < -0.4 is 0 Å². The summed E-state index contributed by atoms with van der Waals surface area (Å²) < 4.78 is 198. The van der Waals surface area contributed by atoms with Crippen molar-refractivity contribution in [1.82, 2.24) is 13.7 Å². The summed E-state index contributed by atoms with van der Waals surface area (Å²) in [5, 5.41) is -1.82. The summed E-state index contributed by atoms with van der Waals surface area (Å²) in [7, 11) is 0. The molecule has 0 radical (unpaired) electrons. The molecule has 3 nitrogen and oxygen atoms in total. The van der Waals surface area contributed by atoms with Gasteiger partial charge < -0.3 is 13.7 Å². The number of para-hydroxylation sites is 4. The van der Waals surface area contributed by atoms with Gasteiger partial charge in [-0.3, -0.25) is 0 Å². The lowest BCUT2D eigenvalue weighted by Crippen LogP contribution is -1.98. The Morgan fingerprint density at radius 2 is 0.714 bits per heavy atom. The predicted molar refractivity (Wildman–Crippen MR) is 266 cm³/mol. The third-order valence-corrected chi connectivity index (χ3v) is 11.5. The third kappa shape index (κ3) is 5.53. The van der Waals surface area contributed by atoms with Gasteiger partial charge in [0, 0.05) is 43.7 Å². The Balaban J connectivity index is 1.21. The molecule has 13 aromatic rings. The first-order valence-corrected chi connectivity index (χ1v) is 20.0. The monoisotopic (exact) mass is 822 g/mol. The minimum atomic E-state index is -0.888. The molecule has 0 saturated carbocycles. The first kappa shape index (κ1) is 20.4. The van der Waals surface area contributed by atoms with Gasteiger partial charge in [-0.25, -0.2) is 0 Å². The zero-order chi connectivity index (χ0) is 59.7. The van der Waals surface area contributed by atoms with Crippen LogP contribution in [0.15, 0.2) is 236 Å². The van der Waals surface area contributed by atoms with E-state index in [4.69, 9.17) is 13.7 Å². The van der Waals surface area contributed by atoms with Crippen molar-refractivity contribution in [2.45, 2.75) is 0 Å². The van der Waals surface area contributed by atoms with Gasteiger partial charge in [0.2, 0.25) is 0 Å². The van der Waals surface area contributed by atoms with Gasteiger partial charge in [0.1, 0.15) is 0 Å². The van der Waals surface area contributed by atoms with E-state index in [9.17, 15) is 15.1 Å². The number of nitrogens with zero attached hydrogens (tertiary/aromatic N) is 3. The van der Waals surface area contributed by atoms with E-state index in [1.54, 1.807) is 6.07 Å². The van der Waals surface area contributed by atoms with E-state index >= 15 is 0 Å². The largest absolute Gasteiger partial charge is 0.309 e. The lowest BCUT2D eigenvalue weighted by atomic mass is 9.95. The van der Waals surface area contributed by atoms with Crippen LogP contribution in [0.25, 0.3) is 116 Å². The quantitative estimate of drug-likeness (QED) is 0.159. The fourth-order valence-electron chi connectivity index (χ4n) is 8.78. The van der Waals surface area contributed by atoms with Gasteiger partial charge in [-0.05, 0) is 112 Å². The van der Waals surface area contributed by atoms with Crippen molar-refractivity contribution in [2.24, 2.45) is 0 Å². The molecule has 0 unspecified atom stereocenters. The molecule has 63 heavy (non-hydrogen) atoms. The molecule has 3 aromatic heterocycles. The molecule has 3 heteroatoms. The molecule has 0 aliphatic heterocycles. The maximum atomic E-state index is 10.1. The number of hydrogen-bond donors (Lipinski definition) is 0. The van der Waals surface area contributed by atoms with E-state index in [0.29, 0.717) is 16.8 Å². The summed E-state index contributed by atoms with van der Waals surface area (Å²) in [4.78, 5) is 0. The second-order valence-electron chi connectivity index (χ2n) is 15.0. The summed E-state index contributed by atoms with van der Waals surface area (Å²) in [6.07, 6.45) is 0. The van der Waals surface area contributed by atoms with Crippen molar-refractivity contribution >= 4 is 65.4 Å². The molecule has 0 aliphatic rings. The molecule has 0 amide bonds. The van der Waals surface area contributed by atoms with E-state index in [1.165, 1.54) is 10.6 Å². The van der Waals surface area contributed by atoms with Crippen molar-refractivity contribution in [3.05, 3.63) is 236 Å². The SMILES string of the molecule is [2H]c1c([2H])c([2H])c2c(c1[2H])c1cc(-n3c4c([2H])c([2H])c([2H])c([2H])c4c4c(-n5c6c([2H])c([2H])c([2H])c([2H])c6c6c([2H])c([2H])c([2H])c([2H])c65)c([2H])c([2H])c([2H])c43)c([2H])c([2H])c1n2-c1cc(-c2ccccc2)cc(-c2cccc(-c3ccccc3)c2)c1. The number of hydrogen-bond acceptors (Lipinski definition) is 0. The molecule has 0 spiro atoms. The van der Waals surface area contributed by atoms with Crippen LogP contribution in [0.5, 0.6) is 0 Å². The number of rotatable bonds is 6. The van der Waals surface area contributed by atoms with Crippen molar-refractivity contribution in [3.63, 3.8) is 0 Å². The third-order valence-electron chi connectivity index (χ3n) is 11.5. The maximum Gasteiger partial charge on any atom is 0.0646 e. The van der Waals surface area contributed by atoms with Crippen molar-refractivity contribution in [2.75, 3.05) is 0 Å². The lowest BCUT2D eigenvalue weighted by molar-refractivity contribution is 1.16. The van der Waals surface area contributed by atoms with Crippen LogP contribution in [-0.2, 0) is 0 Å². The molecule has 0 saturated heterocycles. The second-order valence-corrected chi connectivity index (χ2v) is 15.0. The van der Waals surface area contributed by atoms with Crippen LogP contribution in [0.3, 0.4) is 0 Å². The van der Waals surface area contributed by atoms with Gasteiger partial charge >= 0.3 is 0 Å². The van der Waals surface area contributed by atoms with Gasteiger partial charge in [0.25, 0.3) is 0 Å². The van der Waals surface area contributed by atoms with E-state index in [1.807, 2.05) is 97.1 Å². The maximum absolute atomic E-state index is 10.1.